The van der Waals surface area contributed by atoms with E-state index in [1.165, 1.54) is 0 Å². The quantitative estimate of drug-likeness (QED) is 0.389. The number of aromatic nitrogens is 1. The Balaban J connectivity index is 1.57. The fourth-order valence-electron chi connectivity index (χ4n) is 4.55. The Kier molecular flexibility index (Phi) is 5.72. The number of nitrogens with two attached hydrogens (primary N) is 1. The molecule has 6 heteroatoms. The van der Waals surface area contributed by atoms with E-state index in [9.17, 15) is 4.79 Å². The van der Waals surface area contributed by atoms with E-state index >= 15 is 0 Å². The van der Waals surface area contributed by atoms with Crippen LogP contribution in [0.5, 0.6) is 23.0 Å². The molecule has 0 bridgehead atoms. The van der Waals surface area contributed by atoms with Crippen LogP contribution in [0.25, 0.3) is 11.1 Å². The Morgan fingerprint density at radius 1 is 0.971 bits per heavy atom. The number of hydrogen-bond acceptors (Lipinski definition) is 4. The first-order valence-electron chi connectivity index (χ1n) is 11.3. The van der Waals surface area contributed by atoms with Crippen molar-refractivity contribution in [1.82, 2.24) is 4.57 Å². The third-order valence-electron chi connectivity index (χ3n) is 6.09. The first kappa shape index (κ1) is 21.6. The van der Waals surface area contributed by atoms with Crippen molar-refractivity contribution in [2.24, 2.45) is 5.73 Å². The maximum Gasteiger partial charge on any atom is 0.251 e. The molecule has 5 rings (SSSR count). The molecule has 0 fully saturated rings. The van der Waals surface area contributed by atoms with Gasteiger partial charge in [0.1, 0.15) is 11.5 Å². The van der Waals surface area contributed by atoms with E-state index in [0.717, 1.165) is 51.7 Å². The van der Waals surface area contributed by atoms with E-state index in [4.69, 9.17) is 19.9 Å². The van der Waals surface area contributed by atoms with Crippen LogP contribution < -0.4 is 19.9 Å². The van der Waals surface area contributed by atoms with Gasteiger partial charge in [-0.15, -0.1) is 0 Å². The van der Waals surface area contributed by atoms with Gasteiger partial charge in [0.05, 0.1) is 5.56 Å². The summed E-state index contributed by atoms with van der Waals surface area (Å²) >= 11 is 0. The number of benzene rings is 3. The second kappa shape index (κ2) is 8.98. The Hall–Kier alpha value is -4.19. The molecular formula is C28H26N2O4. The Morgan fingerprint density at radius 2 is 1.74 bits per heavy atom. The van der Waals surface area contributed by atoms with Crippen LogP contribution in [0.15, 0.2) is 72.8 Å². The van der Waals surface area contributed by atoms with Gasteiger partial charge in [-0.05, 0) is 60.9 Å². The zero-order valence-electron chi connectivity index (χ0n) is 19.2. The summed E-state index contributed by atoms with van der Waals surface area (Å²) in [4.78, 5) is 12.6. The third kappa shape index (κ3) is 3.99. The summed E-state index contributed by atoms with van der Waals surface area (Å²) in [6, 6.07) is 23.3. The number of hydrogen-bond donors (Lipinski definition) is 1. The van der Waals surface area contributed by atoms with Gasteiger partial charge in [-0.3, -0.25) is 4.79 Å². The van der Waals surface area contributed by atoms with Gasteiger partial charge in [0.15, 0.2) is 11.5 Å². The molecule has 0 saturated carbocycles. The minimum Gasteiger partial charge on any atom is -0.457 e. The molecule has 1 aliphatic heterocycles. The van der Waals surface area contributed by atoms with E-state index < -0.39 is 5.91 Å². The van der Waals surface area contributed by atoms with Gasteiger partial charge in [0.2, 0.25) is 6.79 Å². The number of nitrogens with zero attached hydrogens (tertiary/aromatic N) is 1. The minimum atomic E-state index is -0.444. The molecule has 34 heavy (non-hydrogen) atoms. The van der Waals surface area contributed by atoms with E-state index in [0.29, 0.717) is 17.9 Å². The number of primary amides is 1. The lowest BCUT2D eigenvalue weighted by Gasteiger charge is -2.13. The number of amides is 1. The Bertz CT molecular complexity index is 1360. The molecule has 172 valence electrons. The first-order chi connectivity index (χ1) is 16.5. The summed E-state index contributed by atoms with van der Waals surface area (Å²) in [5.74, 6) is 2.49. The fourth-order valence-corrected chi connectivity index (χ4v) is 4.55. The molecule has 1 aliphatic rings. The smallest absolute Gasteiger partial charge is 0.251 e. The van der Waals surface area contributed by atoms with Gasteiger partial charge in [0.25, 0.3) is 5.91 Å². The van der Waals surface area contributed by atoms with Gasteiger partial charge < -0.3 is 24.5 Å². The molecule has 1 aromatic heterocycles. The van der Waals surface area contributed by atoms with Crippen LogP contribution in [-0.2, 0) is 13.0 Å². The Labute approximate surface area is 198 Å². The van der Waals surface area contributed by atoms with Crippen molar-refractivity contribution in [3.8, 4) is 34.1 Å². The lowest BCUT2D eigenvalue weighted by atomic mass is 9.98. The van der Waals surface area contributed by atoms with Crippen molar-refractivity contribution in [1.29, 1.82) is 0 Å². The fraction of sp³-hybridized carbons (Fsp3) is 0.179. The summed E-state index contributed by atoms with van der Waals surface area (Å²) in [6.07, 6.45) is 0.734. The normalized spacial score (nSPS) is 12.1. The van der Waals surface area contributed by atoms with Crippen LogP contribution in [0.2, 0.25) is 0 Å². The van der Waals surface area contributed by atoms with Gasteiger partial charge in [-0.1, -0.05) is 43.3 Å². The molecule has 4 aromatic rings. The van der Waals surface area contributed by atoms with Gasteiger partial charge in [0, 0.05) is 23.5 Å². The zero-order valence-corrected chi connectivity index (χ0v) is 19.2. The number of rotatable bonds is 7. The second-order valence-corrected chi connectivity index (χ2v) is 8.22. The maximum atomic E-state index is 12.6. The number of ether oxygens (including phenoxy) is 3. The molecule has 0 spiro atoms. The van der Waals surface area contributed by atoms with Crippen molar-refractivity contribution in [2.45, 2.75) is 26.8 Å². The number of para-hydroxylation sites is 1. The molecule has 0 radical (unpaired) electrons. The second-order valence-electron chi connectivity index (χ2n) is 8.22. The highest BCUT2D eigenvalue weighted by atomic mass is 16.7. The van der Waals surface area contributed by atoms with Crippen molar-refractivity contribution >= 4 is 5.91 Å². The molecule has 2 heterocycles. The molecule has 0 unspecified atom stereocenters. The van der Waals surface area contributed by atoms with Gasteiger partial charge >= 0.3 is 0 Å². The van der Waals surface area contributed by atoms with Gasteiger partial charge in [-0.25, -0.2) is 0 Å². The predicted molar refractivity (Wildman–Crippen MR) is 131 cm³/mol. The maximum absolute atomic E-state index is 12.6. The number of carbonyl (C=O) groups excluding carboxylic acids is 1. The monoisotopic (exact) mass is 454 g/mol. The highest BCUT2D eigenvalue weighted by molar-refractivity contribution is 6.02. The van der Waals surface area contributed by atoms with Gasteiger partial charge in [-0.2, -0.15) is 0 Å². The largest absolute Gasteiger partial charge is 0.457 e. The molecule has 0 saturated heterocycles. The summed E-state index contributed by atoms with van der Waals surface area (Å²) in [7, 11) is 0. The average molecular weight is 455 g/mol. The standard InChI is InChI=1S/C28H26N2O4/c1-3-23-27(20-8-7-11-22(15-20)34-21-9-5-4-6-10-21)26(28(29)31)18(2)30(23)16-19-12-13-24-25(14-19)33-17-32-24/h4-15H,3,16-17H2,1-2H3,(H2,29,31). The molecule has 2 N–H and O–H groups in total. The van der Waals surface area contributed by atoms with Crippen LogP contribution in [-0.4, -0.2) is 17.3 Å². The number of fused-ring (bicyclic) bond motifs is 1. The highest BCUT2D eigenvalue weighted by Gasteiger charge is 2.25. The van der Waals surface area contributed by atoms with E-state index in [2.05, 4.69) is 11.5 Å². The van der Waals surface area contributed by atoms with Crippen LogP contribution in [0, 0.1) is 6.92 Å². The predicted octanol–water partition coefficient (Wildman–Crippen LogP) is 5.69. The zero-order chi connectivity index (χ0) is 23.7. The lowest BCUT2D eigenvalue weighted by molar-refractivity contribution is 0.1000. The average Bonchev–Trinajstić information content (AvgIpc) is 3.42. The summed E-state index contributed by atoms with van der Waals surface area (Å²) in [5, 5.41) is 0. The molecular weight excluding hydrogens is 428 g/mol. The molecule has 0 aliphatic carbocycles. The van der Waals surface area contributed by atoms with Crippen LogP contribution in [0.3, 0.4) is 0 Å². The summed E-state index contributed by atoms with van der Waals surface area (Å²) in [5.41, 5.74) is 11.1. The van der Waals surface area contributed by atoms with Crippen molar-refractivity contribution < 1.29 is 19.0 Å². The highest BCUT2D eigenvalue weighted by Crippen LogP contribution is 2.37. The third-order valence-corrected chi connectivity index (χ3v) is 6.09. The molecule has 1 amide bonds. The topological polar surface area (TPSA) is 75.7 Å². The van der Waals surface area contributed by atoms with Crippen molar-refractivity contribution in [3.05, 3.63) is 95.3 Å². The van der Waals surface area contributed by atoms with Crippen molar-refractivity contribution in [3.63, 3.8) is 0 Å². The van der Waals surface area contributed by atoms with E-state index in [-0.39, 0.29) is 6.79 Å². The van der Waals surface area contributed by atoms with E-state index in [1.807, 2.05) is 79.7 Å². The lowest BCUT2D eigenvalue weighted by Crippen LogP contribution is -2.13. The van der Waals surface area contributed by atoms with Crippen molar-refractivity contribution in [2.75, 3.05) is 6.79 Å². The molecule has 3 aromatic carbocycles. The van der Waals surface area contributed by atoms with Crippen LogP contribution in [0.4, 0.5) is 0 Å². The Morgan fingerprint density at radius 3 is 2.50 bits per heavy atom. The summed E-state index contributed by atoms with van der Waals surface area (Å²) in [6.45, 7) is 4.86. The van der Waals surface area contributed by atoms with E-state index in [1.54, 1.807) is 0 Å². The SMILES string of the molecule is CCc1c(-c2cccc(Oc3ccccc3)c2)c(C(N)=O)c(C)n1Cc1ccc2c(c1)OCO2. The molecule has 6 nitrogen and oxygen atoms in total. The van der Waals surface area contributed by atoms with Crippen LogP contribution in [0.1, 0.15) is 34.2 Å². The minimum absolute atomic E-state index is 0.235. The first-order valence-corrected chi connectivity index (χ1v) is 11.3. The summed E-state index contributed by atoms with van der Waals surface area (Å²) < 4.78 is 19.2. The number of carbonyl (C=O) groups is 1. The molecule has 0 atom stereocenters. The van der Waals surface area contributed by atoms with Crippen LogP contribution >= 0.6 is 0 Å².